The molecule has 5 rings (SSSR count). The second-order valence-corrected chi connectivity index (χ2v) is 15.7. The minimum absolute atomic E-state index is 0.0649. The van der Waals surface area contributed by atoms with Gasteiger partial charge in [-0.3, -0.25) is 9.59 Å². The van der Waals surface area contributed by atoms with Crippen LogP contribution >= 0.6 is 0 Å². The molecule has 1 saturated heterocycles. The average molecular weight is 701 g/mol. The monoisotopic (exact) mass is 700 g/mol. The minimum Gasteiger partial charge on any atom is -0.377 e. The lowest BCUT2D eigenvalue weighted by Crippen LogP contribution is -2.56. The quantitative estimate of drug-likeness (QED) is 0.193. The average Bonchev–Trinajstić information content (AvgIpc) is 3.13. The molecular weight excluding hydrogens is 649 g/mol. The van der Waals surface area contributed by atoms with Crippen molar-refractivity contribution in [2.24, 2.45) is 5.92 Å². The Labute approximate surface area is 297 Å². The summed E-state index contributed by atoms with van der Waals surface area (Å²) in [6.45, 7) is 7.42. The summed E-state index contributed by atoms with van der Waals surface area (Å²) in [5.74, 6) is -0.853. The number of nitrogens with one attached hydrogen (secondary N) is 2. The molecule has 2 N–H and O–H groups in total. The van der Waals surface area contributed by atoms with Crippen LogP contribution < -0.4 is 19.8 Å². The van der Waals surface area contributed by atoms with Gasteiger partial charge >= 0.3 is 0 Å². The number of ketones is 1. The van der Waals surface area contributed by atoms with Gasteiger partial charge in [0.1, 0.15) is 0 Å². The molecule has 0 bridgehead atoms. The van der Waals surface area contributed by atoms with Gasteiger partial charge in [-0.1, -0.05) is 56.9 Å². The van der Waals surface area contributed by atoms with Crippen molar-refractivity contribution in [3.05, 3.63) is 66.2 Å². The highest BCUT2D eigenvalue weighted by atomic mass is 32.2. The van der Waals surface area contributed by atoms with Crippen molar-refractivity contribution in [2.75, 3.05) is 63.2 Å². The number of sulfonamides is 1. The smallest absolute Gasteiger partial charge is 0.252 e. The van der Waals surface area contributed by atoms with Gasteiger partial charge in [-0.15, -0.1) is 0 Å². The molecular formula is C39H52N6O4S. The van der Waals surface area contributed by atoms with E-state index in [0.717, 1.165) is 68.7 Å². The molecule has 1 aliphatic carbocycles. The fourth-order valence-electron chi connectivity index (χ4n) is 7.38. The maximum absolute atomic E-state index is 13.8. The Morgan fingerprint density at radius 1 is 0.920 bits per heavy atom. The van der Waals surface area contributed by atoms with E-state index in [2.05, 4.69) is 32.8 Å². The van der Waals surface area contributed by atoms with Crippen molar-refractivity contribution < 1.29 is 18.0 Å². The third-order valence-corrected chi connectivity index (χ3v) is 11.9. The highest BCUT2D eigenvalue weighted by Crippen LogP contribution is 2.33. The molecule has 0 spiro atoms. The lowest BCUT2D eigenvalue weighted by atomic mass is 9.75. The number of carbonyl (C=O) groups is 2. The Bertz CT molecular complexity index is 1770. The first-order chi connectivity index (χ1) is 24.1. The van der Waals surface area contributed by atoms with Gasteiger partial charge in [0.25, 0.3) is 5.91 Å². The molecule has 1 aliphatic heterocycles. The van der Waals surface area contributed by atoms with Crippen LogP contribution in [0.25, 0.3) is 10.8 Å². The molecule has 1 heterocycles. The van der Waals surface area contributed by atoms with Crippen molar-refractivity contribution in [3.8, 4) is 6.07 Å². The first-order valence-electron chi connectivity index (χ1n) is 18.1. The van der Waals surface area contributed by atoms with Gasteiger partial charge in [0, 0.05) is 81.0 Å². The second kappa shape index (κ2) is 16.8. The molecule has 0 radical (unpaired) electrons. The summed E-state index contributed by atoms with van der Waals surface area (Å²) < 4.78 is 29.3. The maximum atomic E-state index is 13.8. The van der Waals surface area contributed by atoms with E-state index in [1.54, 1.807) is 12.1 Å². The largest absolute Gasteiger partial charge is 0.377 e. The van der Waals surface area contributed by atoms with Crippen molar-refractivity contribution in [2.45, 2.75) is 75.1 Å². The molecule has 268 valence electrons. The number of hydrogen-bond donors (Lipinski definition) is 2. The predicted molar refractivity (Wildman–Crippen MR) is 200 cm³/mol. The summed E-state index contributed by atoms with van der Waals surface area (Å²) in [5.41, 5.74) is 1.59. The van der Waals surface area contributed by atoms with E-state index < -0.39 is 21.5 Å². The molecule has 10 nitrogen and oxygen atoms in total. The molecule has 3 aromatic carbocycles. The summed E-state index contributed by atoms with van der Waals surface area (Å²) in [6.07, 6.45) is 5.51. The van der Waals surface area contributed by atoms with E-state index in [-0.39, 0.29) is 29.6 Å². The van der Waals surface area contributed by atoms with Crippen LogP contribution in [-0.4, -0.2) is 83.9 Å². The van der Waals surface area contributed by atoms with Gasteiger partial charge < -0.3 is 20.0 Å². The van der Waals surface area contributed by atoms with Gasteiger partial charge in [-0.05, 0) is 68.6 Å². The number of Topliss-reactive ketones (excluding diaryl/α,β-unsaturated/α-hetero) is 1. The molecule has 50 heavy (non-hydrogen) atoms. The number of carbonyl (C=O) groups excluding carboxylic acids is 2. The molecule has 1 amide bonds. The maximum Gasteiger partial charge on any atom is 0.252 e. The van der Waals surface area contributed by atoms with Crippen LogP contribution in [0, 0.1) is 17.2 Å². The Hall–Kier alpha value is -3.98. The first-order valence-corrected chi connectivity index (χ1v) is 19.6. The topological polar surface area (TPSA) is 126 Å². The zero-order chi connectivity index (χ0) is 35.7. The molecule has 1 atom stereocenters. The number of benzene rings is 3. The molecule has 11 heteroatoms. The Morgan fingerprint density at radius 2 is 1.60 bits per heavy atom. The number of rotatable bonds is 15. The summed E-state index contributed by atoms with van der Waals surface area (Å²) in [4.78, 5) is 34.3. The van der Waals surface area contributed by atoms with Crippen molar-refractivity contribution in [3.63, 3.8) is 0 Å². The normalized spacial score (nSPS) is 17.2. The summed E-state index contributed by atoms with van der Waals surface area (Å²) in [6, 6.07) is 20.9. The van der Waals surface area contributed by atoms with E-state index >= 15 is 0 Å². The lowest BCUT2D eigenvalue weighted by molar-refractivity contribution is -0.127. The van der Waals surface area contributed by atoms with Crippen LogP contribution in [0.15, 0.2) is 65.6 Å². The van der Waals surface area contributed by atoms with Crippen LogP contribution in [0.4, 0.5) is 11.4 Å². The first kappa shape index (κ1) is 37.3. The molecule has 2 aliphatic rings. The number of nitriles is 1. The number of likely N-dealkylation sites (N-methyl/N-ethyl adjacent to an activating group) is 1. The van der Waals surface area contributed by atoms with Crippen molar-refractivity contribution in [1.29, 1.82) is 5.26 Å². The molecule has 3 aromatic rings. The van der Waals surface area contributed by atoms with Gasteiger partial charge in [0.05, 0.1) is 22.4 Å². The lowest BCUT2D eigenvalue weighted by Gasteiger charge is -2.37. The van der Waals surface area contributed by atoms with E-state index in [4.69, 9.17) is 0 Å². The third kappa shape index (κ3) is 8.84. The Morgan fingerprint density at radius 3 is 2.26 bits per heavy atom. The zero-order valence-electron chi connectivity index (χ0n) is 29.8. The molecule has 1 saturated carbocycles. The van der Waals surface area contributed by atoms with Crippen LogP contribution in [-0.2, 0) is 14.8 Å². The van der Waals surface area contributed by atoms with Crippen LogP contribution in [0.5, 0.6) is 0 Å². The minimum atomic E-state index is -3.76. The summed E-state index contributed by atoms with van der Waals surface area (Å²) in [7, 11) is 0.0996. The number of nitrogens with zero attached hydrogens (tertiary/aromatic N) is 4. The van der Waals surface area contributed by atoms with Crippen LogP contribution in [0.1, 0.15) is 75.1 Å². The molecule has 0 aromatic heterocycles. The van der Waals surface area contributed by atoms with Gasteiger partial charge in [0.15, 0.2) is 5.78 Å². The van der Waals surface area contributed by atoms with E-state index in [1.165, 1.54) is 0 Å². The van der Waals surface area contributed by atoms with Gasteiger partial charge in [-0.2, -0.15) is 5.26 Å². The van der Waals surface area contributed by atoms with Crippen LogP contribution in [0.2, 0.25) is 0 Å². The number of amides is 1. The number of unbranched alkanes of at least 4 members (excludes halogenated alkanes) is 1. The van der Waals surface area contributed by atoms with Crippen molar-refractivity contribution in [1.82, 2.24) is 14.9 Å². The zero-order valence-corrected chi connectivity index (χ0v) is 30.6. The highest BCUT2D eigenvalue weighted by Gasteiger charge is 2.41. The molecule has 0 unspecified atom stereocenters. The number of piperazine rings is 1. The number of hydrogen-bond acceptors (Lipinski definition) is 8. The van der Waals surface area contributed by atoms with E-state index in [9.17, 15) is 23.3 Å². The predicted octanol–water partition coefficient (Wildman–Crippen LogP) is 5.73. The van der Waals surface area contributed by atoms with E-state index in [1.807, 2.05) is 67.5 Å². The number of anilines is 2. The molecule has 2 fully saturated rings. The Balaban J connectivity index is 1.14. The Kier molecular flexibility index (Phi) is 12.5. The fraction of sp³-hybridized carbons (Fsp3) is 0.513. The summed E-state index contributed by atoms with van der Waals surface area (Å²) >= 11 is 0. The fourth-order valence-corrected chi connectivity index (χ4v) is 8.68. The van der Waals surface area contributed by atoms with Gasteiger partial charge in [0.2, 0.25) is 10.0 Å². The SMILES string of the molecule is CCN1CCN(c2ccc(C(=O)NC3(C(=O)C[C@H](C#N)CCCCNS(=O)(=O)c4cccc5c(N(C)C)cccc45)CCCCC3)cc2)CC1. The van der Waals surface area contributed by atoms with Crippen LogP contribution in [0.3, 0.4) is 0 Å². The standard InChI is InChI=1S/C39H52N6O4S/c1-4-44-24-26-45(27-25-44)32-19-17-31(18-20-32)38(47)42-39(21-7-5-8-22-39)37(46)28-30(29-40)12-6-9-23-41-50(48,49)36-16-11-13-33-34(36)14-10-15-35(33)43(2)3/h10-11,13-20,30,41H,4-9,12,21-28H2,1-3H3,(H,42,47)/t30-/m1/s1. The second-order valence-electron chi connectivity index (χ2n) is 13.9. The van der Waals surface area contributed by atoms with Crippen molar-refractivity contribution >= 4 is 43.9 Å². The van der Waals surface area contributed by atoms with Gasteiger partial charge in [-0.25, -0.2) is 13.1 Å². The number of fused-ring (bicyclic) bond motifs is 1. The third-order valence-electron chi connectivity index (χ3n) is 10.4. The highest BCUT2D eigenvalue weighted by molar-refractivity contribution is 7.89. The summed E-state index contributed by atoms with van der Waals surface area (Å²) in [5, 5.41) is 14.6. The van der Waals surface area contributed by atoms with E-state index in [0.29, 0.717) is 43.1 Å².